The number of nitrogens with two attached hydrogens (primary N) is 1. The highest BCUT2D eigenvalue weighted by Crippen LogP contribution is 2.10. The number of hydrogen-bond donors (Lipinski definition) is 3. The van der Waals surface area contributed by atoms with Gasteiger partial charge in [0.25, 0.3) is 5.56 Å². The third-order valence-corrected chi connectivity index (χ3v) is 5.62. The van der Waals surface area contributed by atoms with E-state index < -0.39 is 21.5 Å². The van der Waals surface area contributed by atoms with Crippen LogP contribution in [0.3, 0.4) is 0 Å². The van der Waals surface area contributed by atoms with Crippen molar-refractivity contribution in [3.8, 4) is 0 Å². The van der Waals surface area contributed by atoms with Crippen molar-refractivity contribution in [2.45, 2.75) is 25.8 Å². The Morgan fingerprint density at radius 3 is 2.42 bits per heavy atom. The van der Waals surface area contributed by atoms with E-state index >= 15 is 0 Å². The maximum absolute atomic E-state index is 12.8. The average molecular weight is 443 g/mol. The zero-order valence-corrected chi connectivity index (χ0v) is 17.6. The molecule has 0 bridgehead atoms. The van der Waals surface area contributed by atoms with Gasteiger partial charge in [-0.1, -0.05) is 30.3 Å². The van der Waals surface area contributed by atoms with Crippen molar-refractivity contribution >= 4 is 27.6 Å². The molecule has 3 aromatic rings. The lowest BCUT2D eigenvalue weighted by Crippen LogP contribution is -2.34. The monoisotopic (exact) mass is 442 g/mol. The molecule has 31 heavy (non-hydrogen) atoms. The van der Waals surface area contributed by atoms with Gasteiger partial charge in [0.15, 0.2) is 0 Å². The fourth-order valence-corrected chi connectivity index (χ4v) is 3.99. The van der Waals surface area contributed by atoms with Crippen LogP contribution in [0.15, 0.2) is 59.7 Å². The number of aryl methyl sites for hydroxylation is 1. The number of amides is 1. The Kier molecular flexibility index (Phi) is 6.65. The average Bonchev–Trinajstić information content (AvgIpc) is 2.73. The fraction of sp³-hybridized carbons (Fsp3) is 0.200. The minimum absolute atomic E-state index is 0.124. The molecule has 2 heterocycles. The Bertz CT molecular complexity index is 1220. The molecule has 0 atom stereocenters. The van der Waals surface area contributed by atoms with Crippen LogP contribution in [0.1, 0.15) is 16.8 Å². The molecule has 0 spiro atoms. The van der Waals surface area contributed by atoms with Gasteiger partial charge in [-0.05, 0) is 24.6 Å². The molecule has 0 saturated heterocycles. The third-order valence-electron chi connectivity index (χ3n) is 4.37. The van der Waals surface area contributed by atoms with Gasteiger partial charge in [0.2, 0.25) is 21.9 Å². The Balaban J connectivity index is 1.70. The minimum Gasteiger partial charge on any atom is -0.368 e. The summed E-state index contributed by atoms with van der Waals surface area (Å²) in [4.78, 5) is 32.8. The number of benzene rings is 1. The normalized spacial score (nSPS) is 11.1. The van der Waals surface area contributed by atoms with Gasteiger partial charge >= 0.3 is 0 Å². The molecule has 3 rings (SSSR count). The summed E-state index contributed by atoms with van der Waals surface area (Å²) in [6.07, 6.45) is 2.98. The summed E-state index contributed by atoms with van der Waals surface area (Å²) in [5, 5.41) is 2.66. The first-order chi connectivity index (χ1) is 14.7. The van der Waals surface area contributed by atoms with Crippen LogP contribution in [0.5, 0.6) is 0 Å². The highest BCUT2D eigenvalue weighted by atomic mass is 32.2. The second-order valence-electron chi connectivity index (χ2n) is 6.85. The first-order valence-electron chi connectivity index (χ1n) is 9.31. The molecule has 0 aliphatic rings. The van der Waals surface area contributed by atoms with E-state index in [1.54, 1.807) is 43.3 Å². The summed E-state index contributed by atoms with van der Waals surface area (Å²) >= 11 is 0. The first-order valence-corrected chi connectivity index (χ1v) is 11.0. The number of carbonyl (C=O) groups is 1. The number of aromatic nitrogens is 3. The summed E-state index contributed by atoms with van der Waals surface area (Å²) < 4.78 is 28.4. The largest absolute Gasteiger partial charge is 0.368 e. The number of pyridine rings is 1. The van der Waals surface area contributed by atoms with Gasteiger partial charge in [0.1, 0.15) is 12.2 Å². The highest BCUT2D eigenvalue weighted by Gasteiger charge is 2.16. The van der Waals surface area contributed by atoms with Crippen molar-refractivity contribution in [3.63, 3.8) is 0 Å². The summed E-state index contributed by atoms with van der Waals surface area (Å²) in [6.45, 7) is 1.55. The Labute approximate surface area is 179 Å². The summed E-state index contributed by atoms with van der Waals surface area (Å²) in [6, 6.07) is 11.6. The van der Waals surface area contributed by atoms with Crippen molar-refractivity contribution < 1.29 is 13.2 Å². The van der Waals surface area contributed by atoms with Crippen LogP contribution >= 0.6 is 0 Å². The van der Waals surface area contributed by atoms with E-state index in [9.17, 15) is 18.0 Å². The predicted molar refractivity (Wildman–Crippen MR) is 116 cm³/mol. The van der Waals surface area contributed by atoms with E-state index in [0.717, 1.165) is 0 Å². The quantitative estimate of drug-likeness (QED) is 0.467. The van der Waals surface area contributed by atoms with Crippen LogP contribution in [0.4, 0.5) is 11.6 Å². The smallest absolute Gasteiger partial charge is 0.275 e. The summed E-state index contributed by atoms with van der Waals surface area (Å²) in [7, 11) is -3.81. The molecule has 0 unspecified atom stereocenters. The van der Waals surface area contributed by atoms with Crippen LogP contribution in [-0.2, 0) is 33.7 Å². The van der Waals surface area contributed by atoms with Crippen LogP contribution in [0, 0.1) is 6.92 Å². The topological polar surface area (TPSA) is 149 Å². The number of rotatable bonds is 8. The summed E-state index contributed by atoms with van der Waals surface area (Å²) in [5.74, 6) is -0.569. The molecule has 162 valence electrons. The van der Waals surface area contributed by atoms with E-state index in [-0.39, 0.29) is 30.5 Å². The van der Waals surface area contributed by atoms with Crippen LogP contribution in [-0.4, -0.2) is 28.9 Å². The Morgan fingerprint density at radius 2 is 1.74 bits per heavy atom. The lowest BCUT2D eigenvalue weighted by Gasteiger charge is -2.13. The number of hydrogen-bond acceptors (Lipinski definition) is 7. The number of nitrogens with zero attached hydrogens (tertiary/aromatic N) is 3. The van der Waals surface area contributed by atoms with Crippen molar-refractivity contribution in [1.29, 1.82) is 0 Å². The van der Waals surface area contributed by atoms with Gasteiger partial charge in [-0.2, -0.15) is 0 Å². The molecule has 1 amide bonds. The zero-order chi connectivity index (χ0) is 22.4. The van der Waals surface area contributed by atoms with Crippen molar-refractivity contribution in [2.75, 3.05) is 10.5 Å². The molecule has 11 heteroatoms. The van der Waals surface area contributed by atoms with Gasteiger partial charge < -0.3 is 15.6 Å². The SMILES string of the molecule is Cc1ccc(NS(=O)(=O)Cc2ccccc2)c(=O)n1CC(=O)NCc1cnc(N)nc1. The van der Waals surface area contributed by atoms with E-state index in [1.807, 2.05) is 0 Å². The van der Waals surface area contributed by atoms with Gasteiger partial charge in [0.05, 0.1) is 5.75 Å². The van der Waals surface area contributed by atoms with Crippen molar-refractivity contribution in [2.24, 2.45) is 0 Å². The molecule has 0 radical (unpaired) electrons. The zero-order valence-electron chi connectivity index (χ0n) is 16.8. The molecule has 10 nitrogen and oxygen atoms in total. The van der Waals surface area contributed by atoms with Crippen LogP contribution in [0.25, 0.3) is 0 Å². The maximum atomic E-state index is 12.8. The van der Waals surface area contributed by atoms with Gasteiger partial charge in [-0.25, -0.2) is 18.4 Å². The number of nitrogen functional groups attached to an aromatic ring is 1. The highest BCUT2D eigenvalue weighted by molar-refractivity contribution is 7.91. The second-order valence-corrected chi connectivity index (χ2v) is 8.57. The molecular weight excluding hydrogens is 420 g/mol. The van der Waals surface area contributed by atoms with Gasteiger partial charge in [-0.3, -0.25) is 14.3 Å². The lowest BCUT2D eigenvalue weighted by atomic mass is 10.2. The standard InChI is InChI=1S/C20H22N6O4S/c1-14-7-8-17(25-31(29,30)13-15-5-3-2-4-6-15)19(28)26(14)12-18(27)22-9-16-10-23-20(21)24-11-16/h2-8,10-11,25H,9,12-13H2,1H3,(H,22,27)(H2,21,23,24). The maximum Gasteiger partial charge on any atom is 0.275 e. The number of anilines is 2. The van der Waals surface area contributed by atoms with E-state index in [0.29, 0.717) is 16.8 Å². The predicted octanol–water partition coefficient (Wildman–Crippen LogP) is 0.787. The minimum atomic E-state index is -3.81. The van der Waals surface area contributed by atoms with E-state index in [1.165, 1.54) is 23.0 Å². The summed E-state index contributed by atoms with van der Waals surface area (Å²) in [5.41, 5.74) is 6.44. The van der Waals surface area contributed by atoms with Gasteiger partial charge in [0, 0.05) is 30.2 Å². The first kappa shape index (κ1) is 22.0. The molecule has 4 N–H and O–H groups in total. The molecule has 0 fully saturated rings. The Hall–Kier alpha value is -3.73. The number of sulfonamides is 1. The van der Waals surface area contributed by atoms with E-state index in [4.69, 9.17) is 5.73 Å². The Morgan fingerprint density at radius 1 is 1.06 bits per heavy atom. The molecule has 1 aromatic carbocycles. The van der Waals surface area contributed by atoms with Gasteiger partial charge in [-0.15, -0.1) is 0 Å². The van der Waals surface area contributed by atoms with Crippen LogP contribution < -0.4 is 21.3 Å². The number of carbonyl (C=O) groups excluding carboxylic acids is 1. The van der Waals surface area contributed by atoms with Crippen molar-refractivity contribution in [1.82, 2.24) is 19.9 Å². The molecule has 0 aliphatic heterocycles. The fourth-order valence-electron chi connectivity index (χ4n) is 2.80. The lowest BCUT2D eigenvalue weighted by molar-refractivity contribution is -0.121. The third kappa shape index (κ3) is 6.12. The van der Waals surface area contributed by atoms with E-state index in [2.05, 4.69) is 20.0 Å². The molecule has 0 aliphatic carbocycles. The van der Waals surface area contributed by atoms with Crippen LogP contribution in [0.2, 0.25) is 0 Å². The second kappa shape index (κ2) is 9.39. The molecule has 0 saturated carbocycles. The molecular formula is C20H22N6O4S. The number of nitrogens with one attached hydrogen (secondary N) is 2. The molecule has 2 aromatic heterocycles. The van der Waals surface area contributed by atoms with Crippen molar-refractivity contribution in [3.05, 3.63) is 82.0 Å².